The predicted octanol–water partition coefficient (Wildman–Crippen LogP) is 4.20. The third-order valence-electron chi connectivity index (χ3n) is 5.85. The number of carbonyl (C=O) groups excluding carboxylic acids is 1. The third-order valence-corrected chi connectivity index (χ3v) is 5.85. The highest BCUT2D eigenvalue weighted by Gasteiger charge is 2.47. The van der Waals surface area contributed by atoms with Crippen LogP contribution in [0.4, 0.5) is 11.5 Å². The molecule has 3 atom stereocenters. The van der Waals surface area contributed by atoms with E-state index in [1.165, 1.54) is 12.8 Å². The molecule has 0 radical (unpaired) electrons. The fraction of sp³-hybridized carbons (Fsp3) is 0.409. The van der Waals surface area contributed by atoms with Gasteiger partial charge in [0.1, 0.15) is 11.9 Å². The maximum atomic E-state index is 12.5. The highest BCUT2D eigenvalue weighted by Crippen LogP contribution is 2.49. The van der Waals surface area contributed by atoms with Crippen molar-refractivity contribution in [3.8, 4) is 6.07 Å². The first-order valence-corrected chi connectivity index (χ1v) is 9.54. The molecule has 2 aromatic rings. The molecule has 27 heavy (non-hydrogen) atoms. The number of hydrogen-bond donors (Lipinski definition) is 1. The number of aromatic nitrogens is 1. The van der Waals surface area contributed by atoms with Crippen LogP contribution in [0.25, 0.3) is 0 Å². The van der Waals surface area contributed by atoms with E-state index in [-0.39, 0.29) is 23.9 Å². The van der Waals surface area contributed by atoms with Gasteiger partial charge in [0.15, 0.2) is 0 Å². The van der Waals surface area contributed by atoms with E-state index in [0.29, 0.717) is 11.5 Å². The lowest BCUT2D eigenvalue weighted by Crippen LogP contribution is -2.51. The van der Waals surface area contributed by atoms with Crippen LogP contribution in [-0.4, -0.2) is 16.9 Å². The summed E-state index contributed by atoms with van der Waals surface area (Å²) in [6, 6.07) is 14.3. The molecule has 1 aliphatic carbocycles. The Morgan fingerprint density at radius 3 is 2.63 bits per heavy atom. The topological polar surface area (TPSA) is 69.0 Å². The summed E-state index contributed by atoms with van der Waals surface area (Å²) in [7, 11) is 0. The first kappa shape index (κ1) is 17.5. The van der Waals surface area contributed by atoms with Gasteiger partial charge in [-0.3, -0.25) is 4.79 Å². The normalized spacial score (nSPS) is 24.1. The Bertz CT molecular complexity index is 928. The van der Waals surface area contributed by atoms with Gasteiger partial charge in [-0.2, -0.15) is 5.26 Å². The van der Waals surface area contributed by atoms with Gasteiger partial charge in [0, 0.05) is 24.6 Å². The fourth-order valence-corrected chi connectivity index (χ4v) is 4.43. The van der Waals surface area contributed by atoms with E-state index in [4.69, 9.17) is 5.26 Å². The molecule has 1 aromatic carbocycles. The van der Waals surface area contributed by atoms with Crippen molar-refractivity contribution in [2.24, 2.45) is 11.8 Å². The minimum Gasteiger partial charge on any atom is -0.363 e. The molecular formula is C22H24N4O. The summed E-state index contributed by atoms with van der Waals surface area (Å²) < 4.78 is 0. The number of anilines is 2. The second-order valence-electron chi connectivity index (χ2n) is 7.70. The molecule has 1 fully saturated rings. The van der Waals surface area contributed by atoms with Crippen LogP contribution in [-0.2, 0) is 4.79 Å². The Hall–Kier alpha value is -2.87. The number of rotatable bonds is 3. The molecule has 0 spiro atoms. The summed E-state index contributed by atoms with van der Waals surface area (Å²) in [6.45, 7) is 5.74. The summed E-state index contributed by atoms with van der Waals surface area (Å²) in [5.74, 6) is 1.70. The number of pyridine rings is 1. The summed E-state index contributed by atoms with van der Waals surface area (Å²) in [5.41, 5.74) is 3.45. The number of nitrogens with one attached hydrogen (secondary N) is 1. The molecule has 0 saturated heterocycles. The zero-order valence-electron chi connectivity index (χ0n) is 15.9. The Labute approximate surface area is 160 Å². The van der Waals surface area contributed by atoms with E-state index in [9.17, 15) is 4.79 Å². The van der Waals surface area contributed by atoms with Crippen LogP contribution in [0.2, 0.25) is 0 Å². The molecule has 138 valence electrons. The zero-order chi connectivity index (χ0) is 19.1. The average Bonchev–Trinajstić information content (AvgIpc) is 3.48. The van der Waals surface area contributed by atoms with Crippen molar-refractivity contribution in [2.45, 2.75) is 45.7 Å². The van der Waals surface area contributed by atoms with Gasteiger partial charge in [-0.15, -0.1) is 0 Å². The summed E-state index contributed by atoms with van der Waals surface area (Å²) in [4.78, 5) is 19.1. The van der Waals surface area contributed by atoms with Crippen molar-refractivity contribution in [2.75, 3.05) is 10.2 Å². The van der Waals surface area contributed by atoms with Gasteiger partial charge in [0.25, 0.3) is 0 Å². The van der Waals surface area contributed by atoms with Gasteiger partial charge in [0.05, 0.1) is 17.3 Å². The van der Waals surface area contributed by atoms with E-state index in [0.717, 1.165) is 22.8 Å². The number of amides is 1. The minimum atomic E-state index is 0.0715. The Morgan fingerprint density at radius 1 is 1.26 bits per heavy atom. The Morgan fingerprint density at radius 2 is 2.00 bits per heavy atom. The second kappa shape index (κ2) is 6.70. The summed E-state index contributed by atoms with van der Waals surface area (Å²) in [6.07, 6.45) is 2.36. The molecule has 5 heteroatoms. The van der Waals surface area contributed by atoms with Crippen LogP contribution >= 0.6 is 0 Å². The van der Waals surface area contributed by atoms with Gasteiger partial charge in [-0.05, 0) is 49.4 Å². The van der Waals surface area contributed by atoms with Crippen molar-refractivity contribution in [3.05, 3.63) is 53.2 Å². The first-order chi connectivity index (χ1) is 13.0. The Kier molecular flexibility index (Phi) is 4.35. The number of nitriles is 1. The monoisotopic (exact) mass is 360 g/mol. The molecule has 5 nitrogen and oxygen atoms in total. The van der Waals surface area contributed by atoms with Gasteiger partial charge >= 0.3 is 0 Å². The molecule has 2 aliphatic rings. The zero-order valence-corrected chi connectivity index (χ0v) is 15.9. The molecule has 1 amide bonds. The number of aryl methyl sites for hydroxylation is 1. The van der Waals surface area contributed by atoms with Gasteiger partial charge < -0.3 is 10.2 Å². The quantitative estimate of drug-likeness (QED) is 0.891. The van der Waals surface area contributed by atoms with Gasteiger partial charge in [-0.1, -0.05) is 25.1 Å². The van der Waals surface area contributed by atoms with Crippen LogP contribution in [0.1, 0.15) is 49.6 Å². The number of benzene rings is 1. The van der Waals surface area contributed by atoms with Crippen molar-refractivity contribution in [1.82, 2.24) is 4.98 Å². The molecule has 1 aromatic heterocycles. The lowest BCUT2D eigenvalue weighted by atomic mass is 9.80. The van der Waals surface area contributed by atoms with Crippen LogP contribution < -0.4 is 10.2 Å². The van der Waals surface area contributed by atoms with Crippen molar-refractivity contribution >= 4 is 17.4 Å². The molecular weight excluding hydrogens is 336 g/mol. The highest BCUT2D eigenvalue weighted by atomic mass is 16.2. The molecule has 0 bridgehead atoms. The SMILES string of the molecule is CC(=O)N1c2ccccc2C(Nc2ccc(C#N)c(C)n2)C(C)[C@@H]1C1CC1. The van der Waals surface area contributed by atoms with Crippen LogP contribution in [0.5, 0.6) is 0 Å². The molecule has 1 N–H and O–H groups in total. The van der Waals surface area contributed by atoms with Crippen molar-refractivity contribution < 1.29 is 4.79 Å². The molecule has 2 heterocycles. The molecule has 1 aliphatic heterocycles. The van der Waals surface area contributed by atoms with E-state index in [2.05, 4.69) is 29.4 Å². The van der Waals surface area contributed by atoms with Crippen molar-refractivity contribution in [1.29, 1.82) is 5.26 Å². The summed E-state index contributed by atoms with van der Waals surface area (Å²) >= 11 is 0. The number of hydrogen-bond acceptors (Lipinski definition) is 4. The predicted molar refractivity (Wildman–Crippen MR) is 105 cm³/mol. The number of para-hydroxylation sites is 1. The number of fused-ring (bicyclic) bond motifs is 1. The summed E-state index contributed by atoms with van der Waals surface area (Å²) in [5, 5.41) is 12.7. The Balaban J connectivity index is 1.75. The van der Waals surface area contributed by atoms with E-state index >= 15 is 0 Å². The highest BCUT2D eigenvalue weighted by molar-refractivity contribution is 5.94. The largest absolute Gasteiger partial charge is 0.363 e. The minimum absolute atomic E-state index is 0.0715. The number of nitrogens with zero attached hydrogens (tertiary/aromatic N) is 3. The van der Waals surface area contributed by atoms with Gasteiger partial charge in [-0.25, -0.2) is 4.98 Å². The lowest BCUT2D eigenvalue weighted by molar-refractivity contribution is -0.117. The van der Waals surface area contributed by atoms with E-state index < -0.39 is 0 Å². The maximum Gasteiger partial charge on any atom is 0.224 e. The number of carbonyl (C=O) groups is 1. The van der Waals surface area contributed by atoms with Gasteiger partial charge in [0.2, 0.25) is 5.91 Å². The molecule has 2 unspecified atom stereocenters. The third kappa shape index (κ3) is 3.06. The molecule has 1 saturated carbocycles. The second-order valence-corrected chi connectivity index (χ2v) is 7.70. The average molecular weight is 360 g/mol. The fourth-order valence-electron chi connectivity index (χ4n) is 4.43. The van der Waals surface area contributed by atoms with E-state index in [1.54, 1.807) is 6.92 Å². The van der Waals surface area contributed by atoms with E-state index in [1.807, 2.05) is 42.2 Å². The smallest absolute Gasteiger partial charge is 0.224 e. The maximum absolute atomic E-state index is 12.5. The molecule has 4 rings (SSSR count). The van der Waals surface area contributed by atoms with Crippen LogP contribution in [0.15, 0.2) is 36.4 Å². The standard InChI is InChI=1S/C22H24N4O/c1-13-21(25-20-11-10-17(12-23)14(2)24-20)18-6-4-5-7-19(18)26(15(3)27)22(13)16-8-9-16/h4-7,10-11,13,16,21-22H,8-9H2,1-3H3,(H,24,25)/t13?,21?,22-/m1/s1. The van der Waals surface area contributed by atoms with Crippen LogP contribution in [0.3, 0.4) is 0 Å². The first-order valence-electron chi connectivity index (χ1n) is 9.54. The van der Waals surface area contributed by atoms with Crippen molar-refractivity contribution in [3.63, 3.8) is 0 Å². The lowest BCUT2D eigenvalue weighted by Gasteiger charge is -2.45. The van der Waals surface area contributed by atoms with Crippen LogP contribution in [0, 0.1) is 30.1 Å².